The van der Waals surface area contributed by atoms with Gasteiger partial charge in [0, 0.05) is 31.2 Å². The molecule has 0 aliphatic carbocycles. The molecule has 0 unspecified atom stereocenters. The first-order chi connectivity index (χ1) is 9.69. The van der Waals surface area contributed by atoms with Crippen LogP contribution in [-0.2, 0) is 6.54 Å². The zero-order chi connectivity index (χ0) is 14.4. The van der Waals surface area contributed by atoms with Crippen LogP contribution in [0.3, 0.4) is 0 Å². The number of ether oxygens (including phenoxy) is 1. The van der Waals surface area contributed by atoms with Crippen molar-refractivity contribution < 1.29 is 9.53 Å². The molecular formula is C13H15BrN4O2. The number of rotatable bonds is 5. The van der Waals surface area contributed by atoms with Gasteiger partial charge in [-0.3, -0.25) is 0 Å². The number of nitrogens with zero attached hydrogens (tertiary/aromatic N) is 2. The zero-order valence-electron chi connectivity index (χ0n) is 11.0. The van der Waals surface area contributed by atoms with Crippen molar-refractivity contribution in [1.29, 1.82) is 0 Å². The lowest BCUT2D eigenvalue weighted by Gasteiger charge is -2.09. The number of urea groups is 1. The number of halogens is 1. The third kappa shape index (κ3) is 3.99. The van der Waals surface area contributed by atoms with Crippen LogP contribution in [0.15, 0.2) is 41.4 Å². The Kier molecular flexibility index (Phi) is 5.00. The Bertz CT molecular complexity index is 572. The van der Waals surface area contributed by atoms with Gasteiger partial charge < -0.3 is 19.9 Å². The number of amides is 2. The van der Waals surface area contributed by atoms with E-state index in [4.69, 9.17) is 4.74 Å². The van der Waals surface area contributed by atoms with Gasteiger partial charge in [0.05, 0.1) is 17.9 Å². The first kappa shape index (κ1) is 14.4. The molecule has 0 bridgehead atoms. The van der Waals surface area contributed by atoms with Crippen LogP contribution in [0.25, 0.3) is 0 Å². The minimum atomic E-state index is -0.248. The van der Waals surface area contributed by atoms with E-state index in [1.54, 1.807) is 37.8 Å². The van der Waals surface area contributed by atoms with Crippen molar-refractivity contribution in [2.75, 3.05) is 19.0 Å². The number of carbonyl (C=O) groups is 1. The summed E-state index contributed by atoms with van der Waals surface area (Å²) in [5.74, 6) is 0.719. The number of hydrogen-bond donors (Lipinski definition) is 2. The quantitative estimate of drug-likeness (QED) is 0.879. The number of aromatic nitrogens is 2. The smallest absolute Gasteiger partial charge is 0.319 e. The molecule has 2 aromatic rings. The third-order valence-electron chi connectivity index (χ3n) is 2.62. The van der Waals surface area contributed by atoms with Gasteiger partial charge in [-0.15, -0.1) is 0 Å². The van der Waals surface area contributed by atoms with E-state index in [2.05, 4.69) is 31.5 Å². The third-order valence-corrected chi connectivity index (χ3v) is 3.24. The second kappa shape index (κ2) is 6.95. The molecule has 0 atom stereocenters. The van der Waals surface area contributed by atoms with Gasteiger partial charge in [0.1, 0.15) is 5.75 Å². The predicted octanol–water partition coefficient (Wildman–Crippen LogP) is 2.48. The fourth-order valence-electron chi connectivity index (χ4n) is 1.64. The van der Waals surface area contributed by atoms with Gasteiger partial charge in [-0.1, -0.05) is 0 Å². The molecule has 0 saturated heterocycles. The first-order valence-corrected chi connectivity index (χ1v) is 6.82. The summed E-state index contributed by atoms with van der Waals surface area (Å²) in [6, 6.07) is 5.10. The van der Waals surface area contributed by atoms with E-state index < -0.39 is 0 Å². The fourth-order valence-corrected chi connectivity index (χ4v) is 2.18. The molecule has 1 aromatic carbocycles. The Labute approximate surface area is 125 Å². The van der Waals surface area contributed by atoms with Gasteiger partial charge in [0.15, 0.2) is 0 Å². The Hall–Kier alpha value is -2.02. The summed E-state index contributed by atoms with van der Waals surface area (Å²) in [6.45, 7) is 1.21. The van der Waals surface area contributed by atoms with Gasteiger partial charge in [0.25, 0.3) is 0 Å². The number of anilines is 1. The highest BCUT2D eigenvalue weighted by Gasteiger charge is 2.04. The number of hydrogen-bond acceptors (Lipinski definition) is 3. The summed E-state index contributed by atoms with van der Waals surface area (Å²) in [5.41, 5.74) is 0.692. The Morgan fingerprint density at radius 3 is 3.00 bits per heavy atom. The lowest BCUT2D eigenvalue weighted by molar-refractivity contribution is 0.251. The standard InChI is InChI=1S/C13H15BrN4O2/c1-20-12-3-2-10(8-11(12)14)17-13(19)16-5-7-18-6-4-15-9-18/h2-4,6,8-9H,5,7H2,1H3,(H2,16,17,19). The molecule has 2 N–H and O–H groups in total. The molecule has 1 aromatic heterocycles. The van der Waals surface area contributed by atoms with Crippen molar-refractivity contribution in [2.45, 2.75) is 6.54 Å². The van der Waals surface area contributed by atoms with Crippen LogP contribution in [0.1, 0.15) is 0 Å². The molecule has 6 nitrogen and oxygen atoms in total. The topological polar surface area (TPSA) is 68.2 Å². The number of carbonyl (C=O) groups excluding carboxylic acids is 1. The minimum Gasteiger partial charge on any atom is -0.496 e. The van der Waals surface area contributed by atoms with E-state index in [-0.39, 0.29) is 6.03 Å². The Balaban J connectivity index is 1.80. The minimum absolute atomic E-state index is 0.248. The molecule has 20 heavy (non-hydrogen) atoms. The predicted molar refractivity (Wildman–Crippen MR) is 79.9 cm³/mol. The SMILES string of the molecule is COc1ccc(NC(=O)NCCn2ccnc2)cc1Br. The number of benzene rings is 1. The van der Waals surface area contributed by atoms with E-state index in [9.17, 15) is 4.79 Å². The highest BCUT2D eigenvalue weighted by atomic mass is 79.9. The maximum absolute atomic E-state index is 11.7. The molecule has 0 fully saturated rings. The zero-order valence-corrected chi connectivity index (χ0v) is 12.6. The normalized spacial score (nSPS) is 10.1. The molecule has 1 heterocycles. The van der Waals surface area contributed by atoms with Gasteiger partial charge in [-0.05, 0) is 34.1 Å². The van der Waals surface area contributed by atoms with Gasteiger partial charge in [-0.2, -0.15) is 0 Å². The molecule has 106 valence electrons. The van der Waals surface area contributed by atoms with E-state index in [0.29, 0.717) is 18.8 Å². The van der Waals surface area contributed by atoms with Crippen LogP contribution >= 0.6 is 15.9 Å². The molecule has 0 aliphatic heterocycles. The number of methoxy groups -OCH3 is 1. The van der Waals surface area contributed by atoms with Crippen LogP contribution in [-0.4, -0.2) is 29.2 Å². The van der Waals surface area contributed by atoms with E-state index in [0.717, 1.165) is 10.2 Å². The maximum atomic E-state index is 11.7. The van der Waals surface area contributed by atoms with Crippen molar-refractivity contribution in [3.8, 4) is 5.75 Å². The lowest BCUT2D eigenvalue weighted by atomic mass is 10.3. The summed E-state index contributed by atoms with van der Waals surface area (Å²) in [7, 11) is 1.59. The van der Waals surface area contributed by atoms with Gasteiger partial charge in [0.2, 0.25) is 0 Å². The Morgan fingerprint density at radius 2 is 2.35 bits per heavy atom. The van der Waals surface area contributed by atoms with Crippen molar-refractivity contribution in [3.05, 3.63) is 41.4 Å². The molecule has 0 saturated carbocycles. The average Bonchev–Trinajstić information content (AvgIpc) is 2.92. The van der Waals surface area contributed by atoms with Crippen LogP contribution in [0.2, 0.25) is 0 Å². The largest absolute Gasteiger partial charge is 0.496 e. The van der Waals surface area contributed by atoms with Crippen molar-refractivity contribution >= 4 is 27.6 Å². The van der Waals surface area contributed by atoms with Crippen molar-refractivity contribution in [3.63, 3.8) is 0 Å². The van der Waals surface area contributed by atoms with E-state index in [1.807, 2.05) is 10.8 Å². The first-order valence-electron chi connectivity index (χ1n) is 6.03. The molecule has 0 spiro atoms. The van der Waals surface area contributed by atoms with Gasteiger partial charge >= 0.3 is 6.03 Å². The molecule has 2 rings (SSSR count). The molecular weight excluding hydrogens is 324 g/mol. The number of imidazole rings is 1. The fraction of sp³-hybridized carbons (Fsp3) is 0.231. The van der Waals surface area contributed by atoms with Crippen molar-refractivity contribution in [2.24, 2.45) is 0 Å². The monoisotopic (exact) mass is 338 g/mol. The van der Waals surface area contributed by atoms with Crippen LogP contribution in [0.5, 0.6) is 5.75 Å². The summed E-state index contributed by atoms with van der Waals surface area (Å²) < 4.78 is 7.81. The number of nitrogens with one attached hydrogen (secondary N) is 2. The maximum Gasteiger partial charge on any atom is 0.319 e. The summed E-state index contributed by atoms with van der Waals surface area (Å²) in [6.07, 6.45) is 5.26. The van der Waals surface area contributed by atoms with E-state index >= 15 is 0 Å². The van der Waals surface area contributed by atoms with Crippen molar-refractivity contribution in [1.82, 2.24) is 14.9 Å². The lowest BCUT2D eigenvalue weighted by Crippen LogP contribution is -2.31. The summed E-state index contributed by atoms with van der Waals surface area (Å²) in [4.78, 5) is 15.6. The molecule has 0 radical (unpaired) electrons. The summed E-state index contributed by atoms with van der Waals surface area (Å²) in [5, 5.41) is 5.53. The second-order valence-corrected chi connectivity index (χ2v) is 4.89. The Morgan fingerprint density at radius 1 is 1.50 bits per heavy atom. The average molecular weight is 339 g/mol. The highest BCUT2D eigenvalue weighted by molar-refractivity contribution is 9.10. The molecule has 2 amide bonds. The second-order valence-electron chi connectivity index (χ2n) is 4.03. The molecule has 7 heteroatoms. The summed E-state index contributed by atoms with van der Waals surface area (Å²) >= 11 is 3.37. The highest BCUT2D eigenvalue weighted by Crippen LogP contribution is 2.27. The van der Waals surface area contributed by atoms with Crippen LogP contribution < -0.4 is 15.4 Å². The van der Waals surface area contributed by atoms with Crippen LogP contribution in [0, 0.1) is 0 Å². The molecule has 0 aliphatic rings. The van der Waals surface area contributed by atoms with Crippen LogP contribution in [0.4, 0.5) is 10.5 Å². The van der Waals surface area contributed by atoms with E-state index in [1.165, 1.54) is 0 Å². The van der Waals surface area contributed by atoms with Gasteiger partial charge in [-0.25, -0.2) is 9.78 Å².